The van der Waals surface area contributed by atoms with Crippen molar-refractivity contribution in [3.8, 4) is 5.75 Å². The molecule has 3 nitrogen and oxygen atoms in total. The molecule has 1 atom stereocenters. The molecule has 0 fully saturated rings. The second kappa shape index (κ2) is 7.45. The molecular formula is C12H15ClO3S. The molecule has 1 aromatic rings. The van der Waals surface area contributed by atoms with E-state index in [0.29, 0.717) is 11.6 Å². The number of carboxylic acids is 1. The van der Waals surface area contributed by atoms with Gasteiger partial charge in [0.1, 0.15) is 5.75 Å². The van der Waals surface area contributed by atoms with Crippen LogP contribution in [0, 0.1) is 0 Å². The summed E-state index contributed by atoms with van der Waals surface area (Å²) >= 11 is 7.40. The average molecular weight is 275 g/mol. The number of rotatable bonds is 7. The molecule has 0 aliphatic heterocycles. The highest BCUT2D eigenvalue weighted by Gasteiger charge is 2.07. The lowest BCUT2D eigenvalue weighted by atomic mass is 10.3. The van der Waals surface area contributed by atoms with Crippen LogP contribution < -0.4 is 4.74 Å². The molecule has 0 aliphatic rings. The number of carbonyl (C=O) groups is 1. The monoisotopic (exact) mass is 274 g/mol. The predicted octanol–water partition coefficient (Wildman–Crippen LogP) is 3.32. The van der Waals surface area contributed by atoms with Crippen molar-refractivity contribution in [2.45, 2.75) is 18.6 Å². The Morgan fingerprint density at radius 2 is 2.35 bits per heavy atom. The first kappa shape index (κ1) is 14.2. The summed E-state index contributed by atoms with van der Waals surface area (Å²) in [6, 6.07) is 7.22. The molecule has 0 bridgehead atoms. The number of hydrogen-bond acceptors (Lipinski definition) is 3. The summed E-state index contributed by atoms with van der Waals surface area (Å²) in [5.41, 5.74) is 0. The van der Waals surface area contributed by atoms with Gasteiger partial charge in [0.25, 0.3) is 0 Å². The van der Waals surface area contributed by atoms with Crippen LogP contribution in [0.2, 0.25) is 5.02 Å². The molecule has 0 saturated carbocycles. The van der Waals surface area contributed by atoms with Crippen molar-refractivity contribution in [2.24, 2.45) is 0 Å². The molecule has 5 heteroatoms. The minimum atomic E-state index is -0.763. The number of halogens is 1. The summed E-state index contributed by atoms with van der Waals surface area (Å²) in [4.78, 5) is 10.4. The Kier molecular flexibility index (Phi) is 6.22. The maximum absolute atomic E-state index is 10.4. The highest BCUT2D eigenvalue weighted by atomic mass is 35.5. The van der Waals surface area contributed by atoms with E-state index in [0.717, 1.165) is 11.5 Å². The van der Waals surface area contributed by atoms with Gasteiger partial charge in [-0.05, 0) is 18.2 Å². The third-order valence-electron chi connectivity index (χ3n) is 2.01. The molecule has 0 heterocycles. The smallest absolute Gasteiger partial charge is 0.304 e. The standard InChI is InChI=1S/C12H15ClO3S/c1-9(7-12(14)15)17-6-5-16-11-4-2-3-10(13)8-11/h2-4,8-9H,5-7H2,1H3,(H,14,15). The molecule has 1 rings (SSSR count). The number of carboxylic acid groups (broad SMARTS) is 1. The second-order valence-electron chi connectivity index (χ2n) is 3.59. The summed E-state index contributed by atoms with van der Waals surface area (Å²) in [5, 5.41) is 9.34. The summed E-state index contributed by atoms with van der Waals surface area (Å²) in [5.74, 6) is 0.741. The predicted molar refractivity (Wildman–Crippen MR) is 71.1 cm³/mol. The largest absolute Gasteiger partial charge is 0.493 e. The molecule has 1 aromatic carbocycles. The maximum atomic E-state index is 10.4. The number of thioether (sulfide) groups is 1. The lowest BCUT2D eigenvalue weighted by Crippen LogP contribution is -2.09. The van der Waals surface area contributed by atoms with E-state index in [-0.39, 0.29) is 11.7 Å². The van der Waals surface area contributed by atoms with E-state index >= 15 is 0 Å². The van der Waals surface area contributed by atoms with E-state index in [1.165, 1.54) is 0 Å². The Bertz CT molecular complexity index is 371. The van der Waals surface area contributed by atoms with Crippen LogP contribution in [0.4, 0.5) is 0 Å². The van der Waals surface area contributed by atoms with E-state index in [1.54, 1.807) is 23.9 Å². The van der Waals surface area contributed by atoms with E-state index in [9.17, 15) is 4.79 Å². The molecular weight excluding hydrogens is 260 g/mol. The Morgan fingerprint density at radius 3 is 3.00 bits per heavy atom. The van der Waals surface area contributed by atoms with Crippen molar-refractivity contribution in [3.63, 3.8) is 0 Å². The summed E-state index contributed by atoms with van der Waals surface area (Å²) in [7, 11) is 0. The van der Waals surface area contributed by atoms with Gasteiger partial charge in [0, 0.05) is 16.0 Å². The first-order valence-corrected chi connectivity index (χ1v) is 6.72. The normalized spacial score (nSPS) is 12.1. The molecule has 1 N–H and O–H groups in total. The van der Waals surface area contributed by atoms with Gasteiger partial charge in [0.2, 0.25) is 0 Å². The fourth-order valence-corrected chi connectivity index (χ4v) is 2.29. The van der Waals surface area contributed by atoms with Crippen LogP contribution in [0.3, 0.4) is 0 Å². The second-order valence-corrected chi connectivity index (χ2v) is 5.57. The minimum absolute atomic E-state index is 0.107. The van der Waals surface area contributed by atoms with Crippen molar-refractivity contribution < 1.29 is 14.6 Å². The molecule has 0 spiro atoms. The first-order valence-electron chi connectivity index (χ1n) is 5.29. The van der Waals surface area contributed by atoms with Gasteiger partial charge in [0.05, 0.1) is 13.0 Å². The van der Waals surface area contributed by atoms with E-state index in [4.69, 9.17) is 21.4 Å². The van der Waals surface area contributed by atoms with Crippen LogP contribution in [-0.4, -0.2) is 28.7 Å². The number of ether oxygens (including phenoxy) is 1. The molecule has 17 heavy (non-hydrogen) atoms. The molecule has 0 amide bonds. The van der Waals surface area contributed by atoms with Gasteiger partial charge >= 0.3 is 5.97 Å². The van der Waals surface area contributed by atoms with Gasteiger partial charge < -0.3 is 9.84 Å². The fourth-order valence-electron chi connectivity index (χ4n) is 1.27. The van der Waals surface area contributed by atoms with Gasteiger partial charge in [-0.15, -0.1) is 0 Å². The Balaban J connectivity index is 2.18. The first-order chi connectivity index (χ1) is 8.08. The highest BCUT2D eigenvalue weighted by molar-refractivity contribution is 7.99. The van der Waals surface area contributed by atoms with E-state index in [2.05, 4.69) is 0 Å². The molecule has 0 aliphatic carbocycles. The van der Waals surface area contributed by atoms with Crippen LogP contribution >= 0.6 is 23.4 Å². The fraction of sp³-hybridized carbons (Fsp3) is 0.417. The molecule has 94 valence electrons. The van der Waals surface area contributed by atoms with Crippen molar-refractivity contribution in [3.05, 3.63) is 29.3 Å². The van der Waals surface area contributed by atoms with Crippen LogP contribution in [0.25, 0.3) is 0 Å². The van der Waals surface area contributed by atoms with Gasteiger partial charge in [-0.2, -0.15) is 11.8 Å². The molecule has 1 unspecified atom stereocenters. The highest BCUT2D eigenvalue weighted by Crippen LogP contribution is 2.18. The minimum Gasteiger partial charge on any atom is -0.493 e. The Labute approximate surface area is 110 Å². The van der Waals surface area contributed by atoms with Crippen LogP contribution in [0.5, 0.6) is 5.75 Å². The van der Waals surface area contributed by atoms with Gasteiger partial charge in [-0.25, -0.2) is 0 Å². The van der Waals surface area contributed by atoms with Crippen LogP contribution in [0.15, 0.2) is 24.3 Å². The quantitative estimate of drug-likeness (QED) is 0.775. The Morgan fingerprint density at radius 1 is 1.59 bits per heavy atom. The number of benzene rings is 1. The Hall–Kier alpha value is -0.870. The average Bonchev–Trinajstić information content (AvgIpc) is 2.23. The SMILES string of the molecule is CC(CC(=O)O)SCCOc1cccc(Cl)c1. The summed E-state index contributed by atoms with van der Waals surface area (Å²) < 4.78 is 5.49. The lowest BCUT2D eigenvalue weighted by molar-refractivity contribution is -0.136. The zero-order valence-corrected chi connectivity index (χ0v) is 11.1. The van der Waals surface area contributed by atoms with Crippen molar-refractivity contribution in [1.82, 2.24) is 0 Å². The summed E-state index contributed by atoms with van der Waals surface area (Å²) in [6.45, 7) is 2.45. The number of hydrogen-bond donors (Lipinski definition) is 1. The zero-order valence-electron chi connectivity index (χ0n) is 9.56. The van der Waals surface area contributed by atoms with Crippen molar-refractivity contribution >= 4 is 29.3 Å². The third-order valence-corrected chi connectivity index (χ3v) is 3.39. The maximum Gasteiger partial charge on any atom is 0.304 e. The van der Waals surface area contributed by atoms with Crippen LogP contribution in [-0.2, 0) is 4.79 Å². The third kappa shape index (κ3) is 6.44. The zero-order chi connectivity index (χ0) is 12.7. The topological polar surface area (TPSA) is 46.5 Å². The number of aliphatic carboxylic acids is 1. The van der Waals surface area contributed by atoms with Crippen molar-refractivity contribution in [1.29, 1.82) is 0 Å². The molecule has 0 radical (unpaired) electrons. The molecule has 0 aromatic heterocycles. The molecule has 0 saturated heterocycles. The lowest BCUT2D eigenvalue weighted by Gasteiger charge is -2.09. The van der Waals surface area contributed by atoms with E-state index < -0.39 is 5.97 Å². The van der Waals surface area contributed by atoms with Gasteiger partial charge in [0.15, 0.2) is 0 Å². The van der Waals surface area contributed by atoms with Gasteiger partial charge in [-0.1, -0.05) is 24.6 Å². The van der Waals surface area contributed by atoms with E-state index in [1.807, 2.05) is 19.1 Å². The summed E-state index contributed by atoms with van der Waals surface area (Å²) in [6.07, 6.45) is 0.182. The van der Waals surface area contributed by atoms with Crippen LogP contribution in [0.1, 0.15) is 13.3 Å². The van der Waals surface area contributed by atoms with Crippen molar-refractivity contribution in [2.75, 3.05) is 12.4 Å². The van der Waals surface area contributed by atoms with Gasteiger partial charge in [-0.3, -0.25) is 4.79 Å².